The number of aryl methyl sites for hydroxylation is 1. The van der Waals surface area contributed by atoms with E-state index in [9.17, 15) is 0 Å². The second-order valence-corrected chi connectivity index (χ2v) is 10.5. The van der Waals surface area contributed by atoms with Gasteiger partial charge in [0.25, 0.3) is 0 Å². The predicted octanol–water partition coefficient (Wildman–Crippen LogP) is 9.70. The number of fused-ring (bicyclic) bond motifs is 4. The maximum Gasteiger partial charge on any atom is -0.693 e. The summed E-state index contributed by atoms with van der Waals surface area (Å²) in [5.74, 6) is 0. The molecule has 0 spiro atoms. The Morgan fingerprint density at radius 2 is 1.47 bits per heavy atom. The van der Waals surface area contributed by atoms with Crippen LogP contribution in [0, 0.1) is 6.92 Å². The molecule has 1 aliphatic carbocycles. The first-order valence-electron chi connectivity index (χ1n) is 10.7. The van der Waals surface area contributed by atoms with Gasteiger partial charge in [-0.25, -0.2) is 0 Å². The molecule has 32 heavy (non-hydrogen) atoms. The van der Waals surface area contributed by atoms with Gasteiger partial charge in [-0.05, 0) is 34.1 Å². The number of halogens is 2. The Hall–Kier alpha value is -1.74. The van der Waals surface area contributed by atoms with Crippen LogP contribution in [0.15, 0.2) is 72.8 Å². The van der Waals surface area contributed by atoms with Crippen LogP contribution in [0.4, 0.5) is 0 Å². The zero-order valence-electron chi connectivity index (χ0n) is 18.3. The largest absolute Gasteiger partial charge is 0.693 e. The Labute approximate surface area is 208 Å². The molecular weight excluding hydrogens is 469 g/mol. The zero-order chi connectivity index (χ0) is 21.8. The standard InChI is InChI=1S/C28H25.2ClH.H2N.Ti/c1-3-4-12-22-19(2)27(17-20-10-5-7-13-23(20)22)26-16-9-15-25-24-14-8-6-11-21(24)18-28(25)26;;;;/h5-11,13-17H,2-4,12,18H2,1H3;2*1H;1H2;/q-1;;;-1;+2/p-2. The van der Waals surface area contributed by atoms with Gasteiger partial charge >= 0.3 is 35.6 Å². The van der Waals surface area contributed by atoms with Crippen LogP contribution in [0.25, 0.3) is 39.2 Å². The summed E-state index contributed by atoms with van der Waals surface area (Å²) in [7, 11) is 9.78. The van der Waals surface area contributed by atoms with E-state index >= 15 is 0 Å². The number of rotatable bonds is 4. The molecule has 0 saturated heterocycles. The number of nitrogens with two attached hydrogens (primary N) is 1. The Morgan fingerprint density at radius 1 is 0.844 bits per heavy atom. The van der Waals surface area contributed by atoms with Gasteiger partial charge in [0.2, 0.25) is 0 Å². The van der Waals surface area contributed by atoms with Crippen molar-refractivity contribution in [1.29, 1.82) is 0 Å². The number of unbranched alkanes of at least 4 members (excludes halogenated alkanes) is 1. The van der Waals surface area contributed by atoms with E-state index in [4.69, 9.17) is 18.6 Å². The van der Waals surface area contributed by atoms with E-state index in [1.807, 2.05) is 0 Å². The van der Waals surface area contributed by atoms with Crippen molar-refractivity contribution in [2.24, 2.45) is 0 Å². The van der Waals surface area contributed by atoms with Gasteiger partial charge in [0.05, 0.1) is 0 Å². The van der Waals surface area contributed by atoms with Crippen molar-refractivity contribution in [2.75, 3.05) is 0 Å². The molecule has 0 bridgehead atoms. The van der Waals surface area contributed by atoms with Gasteiger partial charge in [-0.15, -0.1) is 17.2 Å². The van der Waals surface area contributed by atoms with Crippen molar-refractivity contribution in [3.8, 4) is 22.3 Å². The molecule has 2 N–H and O–H groups in total. The third kappa shape index (κ3) is 4.78. The fourth-order valence-electron chi connectivity index (χ4n) is 4.75. The van der Waals surface area contributed by atoms with Crippen molar-refractivity contribution in [3.05, 3.63) is 108 Å². The van der Waals surface area contributed by atoms with Crippen LogP contribution >= 0.6 is 18.6 Å². The van der Waals surface area contributed by atoms with Crippen LogP contribution in [0.1, 0.15) is 42.0 Å². The van der Waals surface area contributed by atoms with Gasteiger partial charge in [0.15, 0.2) is 0 Å². The molecule has 0 aliphatic heterocycles. The van der Waals surface area contributed by atoms with E-state index in [-0.39, 0.29) is 6.15 Å². The van der Waals surface area contributed by atoms with E-state index in [1.54, 1.807) is 0 Å². The Bertz CT molecular complexity index is 1220. The van der Waals surface area contributed by atoms with Crippen molar-refractivity contribution in [3.63, 3.8) is 0 Å². The first kappa shape index (κ1) is 24.9. The first-order valence-corrected chi connectivity index (χ1v) is 15.0. The van der Waals surface area contributed by atoms with Crippen molar-refractivity contribution in [1.82, 2.24) is 0 Å². The molecular formula is C28H27Cl2NTi-2. The normalized spacial score (nSPS) is 11.1. The molecule has 164 valence electrons. The molecule has 0 heterocycles. The summed E-state index contributed by atoms with van der Waals surface area (Å²) in [4.78, 5) is 0. The molecule has 0 unspecified atom stereocenters. The molecule has 4 aromatic rings. The fourth-order valence-corrected chi connectivity index (χ4v) is 4.75. The van der Waals surface area contributed by atoms with Gasteiger partial charge in [-0.1, -0.05) is 104 Å². The molecule has 0 fully saturated rings. The van der Waals surface area contributed by atoms with E-state index in [2.05, 4.69) is 86.6 Å². The Balaban J connectivity index is 0.000000686. The molecule has 4 aromatic carbocycles. The van der Waals surface area contributed by atoms with Gasteiger partial charge in [0, 0.05) is 0 Å². The summed E-state index contributed by atoms with van der Waals surface area (Å²) in [6.45, 7) is 6.83. The number of hydrogen-bond donors (Lipinski definition) is 0. The summed E-state index contributed by atoms with van der Waals surface area (Å²) in [5, 5.41) is 2.68. The van der Waals surface area contributed by atoms with E-state index < -0.39 is 17.0 Å². The van der Waals surface area contributed by atoms with E-state index in [1.165, 1.54) is 68.1 Å². The second kappa shape index (κ2) is 11.4. The minimum atomic E-state index is -0.556. The maximum absolute atomic E-state index is 4.89. The predicted molar refractivity (Wildman–Crippen MR) is 138 cm³/mol. The van der Waals surface area contributed by atoms with Crippen molar-refractivity contribution in [2.45, 2.75) is 32.6 Å². The van der Waals surface area contributed by atoms with Crippen molar-refractivity contribution >= 4 is 29.4 Å². The Morgan fingerprint density at radius 3 is 2.22 bits per heavy atom. The molecule has 0 aromatic heterocycles. The summed E-state index contributed by atoms with van der Waals surface area (Å²) in [6, 6.07) is 26.7. The van der Waals surface area contributed by atoms with Gasteiger partial charge in [0.1, 0.15) is 0 Å². The molecule has 4 heteroatoms. The van der Waals surface area contributed by atoms with Crippen molar-refractivity contribution < 1.29 is 17.0 Å². The Kier molecular flexibility index (Phi) is 8.88. The molecule has 0 saturated carbocycles. The van der Waals surface area contributed by atoms with E-state index in [0.717, 1.165) is 12.8 Å². The average molecular weight is 496 g/mol. The summed E-state index contributed by atoms with van der Waals surface area (Å²) in [5.41, 5.74) is 10.9. The smallest absolute Gasteiger partial charge is 0.693 e. The fraction of sp³-hybridized carbons (Fsp3) is 0.179. The van der Waals surface area contributed by atoms with Crippen LogP contribution in [-0.2, 0) is 29.9 Å². The topological polar surface area (TPSA) is 33.5 Å². The minimum absolute atomic E-state index is 0. The van der Waals surface area contributed by atoms with Gasteiger partial charge < -0.3 is 6.15 Å². The zero-order valence-corrected chi connectivity index (χ0v) is 21.4. The van der Waals surface area contributed by atoms with Gasteiger partial charge in [-0.3, -0.25) is 0 Å². The summed E-state index contributed by atoms with van der Waals surface area (Å²) < 4.78 is 0. The molecule has 1 nitrogen and oxygen atoms in total. The second-order valence-electron chi connectivity index (χ2n) is 7.94. The quantitative estimate of drug-likeness (QED) is 0.175. The van der Waals surface area contributed by atoms with Crippen LogP contribution in [0.2, 0.25) is 0 Å². The van der Waals surface area contributed by atoms with Crippen LogP contribution in [-0.4, -0.2) is 0 Å². The molecule has 0 amide bonds. The average Bonchev–Trinajstić information content (AvgIpc) is 3.18. The van der Waals surface area contributed by atoms with Gasteiger partial charge in [-0.2, -0.15) is 12.5 Å². The van der Waals surface area contributed by atoms with Crippen LogP contribution in [0.3, 0.4) is 0 Å². The first-order chi connectivity index (χ1) is 15.2. The third-order valence-corrected chi connectivity index (χ3v) is 6.20. The third-order valence-electron chi connectivity index (χ3n) is 6.20. The van der Waals surface area contributed by atoms with Crippen LogP contribution < -0.4 is 0 Å². The molecule has 5 rings (SSSR count). The number of benzene rings is 4. The summed E-state index contributed by atoms with van der Waals surface area (Å²) in [6.07, 6.45) is 4.51. The monoisotopic (exact) mass is 495 g/mol. The van der Waals surface area contributed by atoms with E-state index in [0.29, 0.717) is 0 Å². The molecule has 1 aliphatic rings. The summed E-state index contributed by atoms with van der Waals surface area (Å²) >= 11 is -0.556. The number of hydrogen-bond acceptors (Lipinski definition) is 0. The molecule has 0 radical (unpaired) electrons. The minimum Gasteiger partial charge on any atom is -0.693 e. The molecule has 0 atom stereocenters. The van der Waals surface area contributed by atoms with Crippen LogP contribution in [0.5, 0.6) is 0 Å². The SMILES string of the molecule is [CH2-]c1c(-c2cccc3c2Cc2ccccc2-3)cc2ccccc2c1CCCC.[Cl][Ti][Cl].[NH2-]. The maximum atomic E-state index is 4.89.